The van der Waals surface area contributed by atoms with E-state index in [2.05, 4.69) is 12.1 Å². The Balaban J connectivity index is 1.60. The Labute approximate surface area is 140 Å². The first-order valence-electron chi connectivity index (χ1n) is 7.83. The molecule has 1 aliphatic rings. The molecule has 3 aromatic rings. The number of benzene rings is 3. The molecular formula is C21H15NO2. The summed E-state index contributed by atoms with van der Waals surface area (Å²) in [5, 5.41) is 0. The van der Waals surface area contributed by atoms with Crippen molar-refractivity contribution < 1.29 is 9.59 Å². The molecule has 1 aliphatic heterocycles. The van der Waals surface area contributed by atoms with E-state index in [0.717, 1.165) is 16.7 Å². The van der Waals surface area contributed by atoms with Gasteiger partial charge in [0.1, 0.15) is 0 Å². The standard InChI is InChI=1S/C21H15NO2/c23-20-18-8-4-5-9-19(18)22(21(20)24)14-15-10-12-17(13-11-15)16-6-2-1-3-7-16/h1-13H,14H2. The van der Waals surface area contributed by atoms with Gasteiger partial charge in [0.25, 0.3) is 11.7 Å². The minimum Gasteiger partial charge on any atom is -0.300 e. The van der Waals surface area contributed by atoms with Gasteiger partial charge in [-0.05, 0) is 28.8 Å². The predicted octanol–water partition coefficient (Wildman–Crippen LogP) is 4.08. The number of nitrogens with zero attached hydrogens (tertiary/aromatic N) is 1. The van der Waals surface area contributed by atoms with Gasteiger partial charge < -0.3 is 4.90 Å². The van der Waals surface area contributed by atoms with Crippen LogP contribution in [0.5, 0.6) is 0 Å². The van der Waals surface area contributed by atoms with E-state index in [9.17, 15) is 9.59 Å². The average Bonchev–Trinajstić information content (AvgIpc) is 2.88. The van der Waals surface area contributed by atoms with E-state index in [1.807, 2.05) is 54.6 Å². The Morgan fingerprint density at radius 2 is 1.29 bits per heavy atom. The molecule has 0 bridgehead atoms. The molecule has 3 aromatic carbocycles. The lowest BCUT2D eigenvalue weighted by Crippen LogP contribution is -2.29. The summed E-state index contributed by atoms with van der Waals surface area (Å²) in [5.74, 6) is -0.880. The first-order chi connectivity index (χ1) is 11.7. The quantitative estimate of drug-likeness (QED) is 0.683. The molecule has 0 atom stereocenters. The first-order valence-corrected chi connectivity index (χ1v) is 7.83. The number of carbonyl (C=O) groups is 2. The summed E-state index contributed by atoms with van der Waals surface area (Å²) in [5.41, 5.74) is 4.46. The zero-order valence-corrected chi connectivity index (χ0v) is 13.0. The highest BCUT2D eigenvalue weighted by Crippen LogP contribution is 2.30. The van der Waals surface area contributed by atoms with Crippen LogP contribution in [0.25, 0.3) is 11.1 Å². The van der Waals surface area contributed by atoms with Crippen LogP contribution in [0.1, 0.15) is 15.9 Å². The van der Waals surface area contributed by atoms with E-state index >= 15 is 0 Å². The number of fused-ring (bicyclic) bond motifs is 1. The molecule has 0 fully saturated rings. The second-order valence-electron chi connectivity index (χ2n) is 5.80. The lowest BCUT2D eigenvalue weighted by atomic mass is 10.0. The Hall–Kier alpha value is -3.20. The van der Waals surface area contributed by atoms with E-state index < -0.39 is 11.7 Å². The van der Waals surface area contributed by atoms with E-state index in [4.69, 9.17) is 0 Å². The summed E-state index contributed by atoms with van der Waals surface area (Å²) < 4.78 is 0. The van der Waals surface area contributed by atoms with Gasteiger partial charge in [-0.25, -0.2) is 0 Å². The summed E-state index contributed by atoms with van der Waals surface area (Å²) in [4.78, 5) is 25.8. The van der Waals surface area contributed by atoms with Gasteiger partial charge in [-0.15, -0.1) is 0 Å². The van der Waals surface area contributed by atoms with Gasteiger partial charge in [-0.1, -0.05) is 66.7 Å². The molecule has 3 nitrogen and oxygen atoms in total. The number of carbonyl (C=O) groups excluding carboxylic acids is 2. The minimum absolute atomic E-state index is 0.399. The Bertz CT molecular complexity index is 914. The second-order valence-corrected chi connectivity index (χ2v) is 5.80. The number of amides is 1. The highest BCUT2D eigenvalue weighted by Gasteiger charge is 2.35. The molecule has 0 spiro atoms. The van der Waals surface area contributed by atoms with E-state index in [1.54, 1.807) is 17.0 Å². The van der Waals surface area contributed by atoms with Gasteiger partial charge in [-0.3, -0.25) is 9.59 Å². The fourth-order valence-electron chi connectivity index (χ4n) is 3.02. The van der Waals surface area contributed by atoms with Gasteiger partial charge in [0.15, 0.2) is 0 Å². The molecule has 0 aliphatic carbocycles. The van der Waals surface area contributed by atoms with Crippen molar-refractivity contribution >= 4 is 17.4 Å². The lowest BCUT2D eigenvalue weighted by molar-refractivity contribution is -0.114. The Morgan fingerprint density at radius 1 is 0.667 bits per heavy atom. The maximum atomic E-state index is 12.2. The Morgan fingerprint density at radius 3 is 2.04 bits per heavy atom. The van der Waals surface area contributed by atoms with Crippen molar-refractivity contribution in [1.82, 2.24) is 0 Å². The van der Waals surface area contributed by atoms with Gasteiger partial charge in [0.05, 0.1) is 17.8 Å². The van der Waals surface area contributed by atoms with Crippen LogP contribution in [0, 0.1) is 0 Å². The van der Waals surface area contributed by atoms with Crippen molar-refractivity contribution in [3.05, 3.63) is 90.0 Å². The third-order valence-corrected chi connectivity index (χ3v) is 4.28. The van der Waals surface area contributed by atoms with Crippen molar-refractivity contribution in [2.24, 2.45) is 0 Å². The summed E-state index contributed by atoms with van der Waals surface area (Å²) in [6, 6.07) is 25.4. The smallest absolute Gasteiger partial charge is 0.299 e. The molecule has 3 heteroatoms. The second kappa shape index (κ2) is 5.78. The number of hydrogen-bond donors (Lipinski definition) is 0. The minimum atomic E-state index is -0.455. The molecule has 1 heterocycles. The van der Waals surface area contributed by atoms with Crippen LogP contribution in [0.15, 0.2) is 78.9 Å². The lowest BCUT2D eigenvalue weighted by Gasteiger charge is -2.16. The number of ketones is 1. The number of hydrogen-bond acceptors (Lipinski definition) is 2. The van der Waals surface area contributed by atoms with E-state index in [1.165, 1.54) is 0 Å². The van der Waals surface area contributed by atoms with Crippen LogP contribution >= 0.6 is 0 Å². The van der Waals surface area contributed by atoms with Crippen molar-refractivity contribution in [2.75, 3.05) is 4.90 Å². The molecule has 4 rings (SSSR count). The SMILES string of the molecule is O=C1C(=O)N(Cc2ccc(-c3ccccc3)cc2)c2ccccc21. The fraction of sp³-hybridized carbons (Fsp3) is 0.0476. The Kier molecular flexibility index (Phi) is 3.47. The number of rotatable bonds is 3. The molecule has 0 aromatic heterocycles. The third kappa shape index (κ3) is 2.40. The maximum Gasteiger partial charge on any atom is 0.299 e. The highest BCUT2D eigenvalue weighted by atomic mass is 16.2. The molecule has 116 valence electrons. The summed E-state index contributed by atoms with van der Waals surface area (Å²) in [7, 11) is 0. The predicted molar refractivity (Wildman–Crippen MR) is 93.8 cm³/mol. The number of Topliss-reactive ketones (excluding diaryl/α,β-unsaturated/α-hetero) is 1. The molecular weight excluding hydrogens is 298 g/mol. The van der Waals surface area contributed by atoms with Gasteiger partial charge in [-0.2, -0.15) is 0 Å². The summed E-state index contributed by atoms with van der Waals surface area (Å²) in [6.45, 7) is 0.399. The van der Waals surface area contributed by atoms with Crippen LogP contribution in [0.3, 0.4) is 0 Å². The van der Waals surface area contributed by atoms with Crippen LogP contribution < -0.4 is 4.90 Å². The topological polar surface area (TPSA) is 37.4 Å². The molecule has 0 unspecified atom stereocenters. The maximum absolute atomic E-state index is 12.2. The molecule has 1 amide bonds. The largest absolute Gasteiger partial charge is 0.300 e. The molecule has 0 saturated heterocycles. The van der Waals surface area contributed by atoms with Crippen molar-refractivity contribution in [2.45, 2.75) is 6.54 Å². The molecule has 0 N–H and O–H groups in total. The molecule has 24 heavy (non-hydrogen) atoms. The highest BCUT2D eigenvalue weighted by molar-refractivity contribution is 6.52. The first kappa shape index (κ1) is 14.4. The monoisotopic (exact) mass is 313 g/mol. The number of para-hydroxylation sites is 1. The van der Waals surface area contributed by atoms with Gasteiger partial charge in [0, 0.05) is 0 Å². The van der Waals surface area contributed by atoms with Crippen LogP contribution in [0.4, 0.5) is 5.69 Å². The normalized spacial score (nSPS) is 13.2. The zero-order valence-electron chi connectivity index (χ0n) is 13.0. The van der Waals surface area contributed by atoms with E-state index in [0.29, 0.717) is 17.8 Å². The van der Waals surface area contributed by atoms with Crippen molar-refractivity contribution in [3.63, 3.8) is 0 Å². The van der Waals surface area contributed by atoms with Crippen LogP contribution in [-0.4, -0.2) is 11.7 Å². The molecule has 0 saturated carbocycles. The summed E-state index contributed by atoms with van der Waals surface area (Å²) in [6.07, 6.45) is 0. The van der Waals surface area contributed by atoms with Crippen LogP contribution in [-0.2, 0) is 11.3 Å². The number of anilines is 1. The van der Waals surface area contributed by atoms with Crippen molar-refractivity contribution in [3.8, 4) is 11.1 Å². The van der Waals surface area contributed by atoms with Gasteiger partial charge in [0.2, 0.25) is 0 Å². The van der Waals surface area contributed by atoms with Gasteiger partial charge >= 0.3 is 0 Å². The average molecular weight is 313 g/mol. The van der Waals surface area contributed by atoms with E-state index in [-0.39, 0.29) is 0 Å². The fourth-order valence-corrected chi connectivity index (χ4v) is 3.02. The molecule has 0 radical (unpaired) electrons. The summed E-state index contributed by atoms with van der Waals surface area (Å²) >= 11 is 0. The third-order valence-electron chi connectivity index (χ3n) is 4.28. The zero-order chi connectivity index (χ0) is 16.5. The van der Waals surface area contributed by atoms with Crippen molar-refractivity contribution in [1.29, 1.82) is 0 Å². The van der Waals surface area contributed by atoms with Crippen LogP contribution in [0.2, 0.25) is 0 Å².